The van der Waals surface area contributed by atoms with Gasteiger partial charge in [0.05, 0.1) is 24.0 Å². The number of nitrogens with zero attached hydrogens (tertiary/aromatic N) is 3. The maximum atomic E-state index is 12.9. The molecule has 164 valence electrons. The van der Waals surface area contributed by atoms with Crippen LogP contribution in [0.4, 0.5) is 5.69 Å². The fourth-order valence-corrected chi connectivity index (χ4v) is 3.34. The smallest absolute Gasteiger partial charge is 0.278 e. The Labute approximate surface area is 187 Å². The molecular weight excluding hydrogens is 404 g/mol. The van der Waals surface area contributed by atoms with E-state index in [1.54, 1.807) is 24.0 Å². The number of rotatable bonds is 7. The maximum absolute atomic E-state index is 12.9. The Kier molecular flexibility index (Phi) is 6.07. The molecule has 1 N–H and O–H groups in total. The van der Waals surface area contributed by atoms with Crippen LogP contribution in [0.1, 0.15) is 44.1 Å². The van der Waals surface area contributed by atoms with Gasteiger partial charge in [-0.15, -0.1) is 0 Å². The van der Waals surface area contributed by atoms with Crippen molar-refractivity contribution in [1.29, 1.82) is 0 Å². The third kappa shape index (κ3) is 4.88. The molecule has 0 saturated carbocycles. The van der Waals surface area contributed by atoms with Crippen LogP contribution in [0, 0.1) is 27.7 Å². The fraction of sp³-hybridized carbons (Fsp3) is 0.240. The lowest BCUT2D eigenvalue weighted by molar-refractivity contribution is 0.101. The van der Waals surface area contributed by atoms with E-state index in [0.717, 1.165) is 22.4 Å². The minimum absolute atomic E-state index is 0.190. The Morgan fingerprint density at radius 1 is 1.06 bits per heavy atom. The van der Waals surface area contributed by atoms with E-state index in [0.29, 0.717) is 23.6 Å². The van der Waals surface area contributed by atoms with Gasteiger partial charge in [0.15, 0.2) is 5.69 Å². The molecule has 2 aromatic carbocycles. The van der Waals surface area contributed by atoms with Crippen LogP contribution in [-0.2, 0) is 13.2 Å². The molecule has 4 aromatic rings. The van der Waals surface area contributed by atoms with Crippen molar-refractivity contribution < 1.29 is 14.1 Å². The molecule has 7 nitrogen and oxygen atoms in total. The predicted molar refractivity (Wildman–Crippen MR) is 122 cm³/mol. The molecule has 2 heterocycles. The number of carbonyl (C=O) groups excluding carboxylic acids is 1. The molecule has 0 spiro atoms. The second kappa shape index (κ2) is 9.09. The number of amides is 1. The van der Waals surface area contributed by atoms with E-state index < -0.39 is 0 Å². The molecule has 0 bridgehead atoms. The Balaban J connectivity index is 1.43. The van der Waals surface area contributed by atoms with Crippen molar-refractivity contribution in [3.05, 3.63) is 94.1 Å². The van der Waals surface area contributed by atoms with Gasteiger partial charge in [-0.25, -0.2) is 0 Å². The van der Waals surface area contributed by atoms with Gasteiger partial charge in [0.25, 0.3) is 5.91 Å². The van der Waals surface area contributed by atoms with Crippen LogP contribution in [0.3, 0.4) is 0 Å². The Hall–Kier alpha value is -3.87. The molecule has 32 heavy (non-hydrogen) atoms. The lowest BCUT2D eigenvalue weighted by Gasteiger charge is -2.10. The van der Waals surface area contributed by atoms with Crippen molar-refractivity contribution in [1.82, 2.24) is 14.9 Å². The van der Waals surface area contributed by atoms with Crippen LogP contribution in [0.15, 0.2) is 59.4 Å². The molecule has 0 atom stereocenters. The first kappa shape index (κ1) is 21.4. The summed E-state index contributed by atoms with van der Waals surface area (Å²) >= 11 is 0. The third-order valence-corrected chi connectivity index (χ3v) is 5.27. The van der Waals surface area contributed by atoms with Crippen molar-refractivity contribution in [2.45, 2.75) is 40.8 Å². The van der Waals surface area contributed by atoms with Gasteiger partial charge in [-0.05, 0) is 50.5 Å². The van der Waals surface area contributed by atoms with Crippen molar-refractivity contribution in [3.63, 3.8) is 0 Å². The van der Waals surface area contributed by atoms with Crippen LogP contribution < -0.4 is 10.1 Å². The van der Waals surface area contributed by atoms with Gasteiger partial charge in [-0.2, -0.15) is 5.10 Å². The number of hydrogen-bond acceptors (Lipinski definition) is 5. The zero-order chi connectivity index (χ0) is 22.7. The topological polar surface area (TPSA) is 82.2 Å². The highest BCUT2D eigenvalue weighted by molar-refractivity contribution is 6.03. The highest BCUT2D eigenvalue weighted by Gasteiger charge is 2.21. The molecule has 0 aliphatic rings. The summed E-state index contributed by atoms with van der Waals surface area (Å²) in [6.07, 6.45) is 3.41. The van der Waals surface area contributed by atoms with E-state index in [-0.39, 0.29) is 18.2 Å². The van der Waals surface area contributed by atoms with Gasteiger partial charge in [-0.3, -0.25) is 9.48 Å². The highest BCUT2D eigenvalue weighted by Crippen LogP contribution is 2.23. The SMILES string of the molecule is Cc1ccc(Cn2cc(NC(=O)c3noc(C)c3COc3cc(C)ccc3C)cn2)cc1. The van der Waals surface area contributed by atoms with Crippen LogP contribution in [0.2, 0.25) is 0 Å². The number of aryl methyl sites for hydroxylation is 4. The molecule has 0 fully saturated rings. The highest BCUT2D eigenvalue weighted by atomic mass is 16.5. The van der Waals surface area contributed by atoms with E-state index in [4.69, 9.17) is 9.26 Å². The minimum Gasteiger partial charge on any atom is -0.488 e. The van der Waals surface area contributed by atoms with Gasteiger partial charge >= 0.3 is 0 Å². The van der Waals surface area contributed by atoms with Crippen molar-refractivity contribution >= 4 is 11.6 Å². The monoisotopic (exact) mass is 430 g/mol. The second-order valence-electron chi connectivity index (χ2n) is 7.99. The van der Waals surface area contributed by atoms with Crippen molar-refractivity contribution in [3.8, 4) is 5.75 Å². The molecule has 0 aliphatic carbocycles. The van der Waals surface area contributed by atoms with Gasteiger partial charge in [0.1, 0.15) is 18.1 Å². The number of ether oxygens (including phenoxy) is 1. The first-order chi connectivity index (χ1) is 15.4. The molecule has 4 rings (SSSR count). The maximum Gasteiger partial charge on any atom is 0.278 e. The van der Waals surface area contributed by atoms with Crippen LogP contribution in [-0.4, -0.2) is 20.8 Å². The van der Waals surface area contributed by atoms with E-state index in [1.165, 1.54) is 5.56 Å². The number of benzene rings is 2. The summed E-state index contributed by atoms with van der Waals surface area (Å²) in [6.45, 7) is 8.62. The van der Waals surface area contributed by atoms with E-state index in [1.807, 2.05) is 32.0 Å². The minimum atomic E-state index is -0.365. The summed E-state index contributed by atoms with van der Waals surface area (Å²) in [4.78, 5) is 12.9. The summed E-state index contributed by atoms with van der Waals surface area (Å²) in [5.41, 5.74) is 5.89. The van der Waals surface area contributed by atoms with Crippen molar-refractivity contribution in [2.75, 3.05) is 5.32 Å². The zero-order valence-corrected chi connectivity index (χ0v) is 18.7. The summed E-state index contributed by atoms with van der Waals surface area (Å²) in [5, 5.41) is 11.1. The number of aromatic nitrogens is 3. The lowest BCUT2D eigenvalue weighted by Crippen LogP contribution is -2.15. The molecule has 0 radical (unpaired) electrons. The first-order valence-corrected chi connectivity index (χ1v) is 10.4. The molecule has 0 aliphatic heterocycles. The molecular formula is C25H26N4O3. The largest absolute Gasteiger partial charge is 0.488 e. The van der Waals surface area contributed by atoms with Crippen LogP contribution in [0.5, 0.6) is 5.75 Å². The third-order valence-electron chi connectivity index (χ3n) is 5.27. The standard InChI is InChI=1S/C25H26N4O3/c1-16-6-9-20(10-7-16)13-29-14-21(12-26-29)27-25(30)24-22(19(4)32-28-24)15-31-23-11-17(2)5-8-18(23)3/h5-12,14H,13,15H2,1-4H3,(H,27,30). The normalized spacial score (nSPS) is 10.9. The molecule has 2 aromatic heterocycles. The Morgan fingerprint density at radius 3 is 2.59 bits per heavy atom. The van der Waals surface area contributed by atoms with Gasteiger partial charge in [0, 0.05) is 6.20 Å². The Morgan fingerprint density at radius 2 is 1.81 bits per heavy atom. The van der Waals surface area contributed by atoms with Gasteiger partial charge < -0.3 is 14.6 Å². The molecule has 1 amide bonds. The fourth-order valence-electron chi connectivity index (χ4n) is 3.34. The van der Waals surface area contributed by atoms with E-state index >= 15 is 0 Å². The van der Waals surface area contributed by atoms with Crippen molar-refractivity contribution in [2.24, 2.45) is 0 Å². The van der Waals surface area contributed by atoms with Gasteiger partial charge in [0.2, 0.25) is 0 Å². The van der Waals surface area contributed by atoms with E-state index in [9.17, 15) is 4.79 Å². The van der Waals surface area contributed by atoms with E-state index in [2.05, 4.69) is 46.8 Å². The predicted octanol–water partition coefficient (Wildman–Crippen LogP) is 4.98. The van der Waals surface area contributed by atoms with Crippen LogP contribution >= 0.6 is 0 Å². The summed E-state index contributed by atoms with van der Waals surface area (Å²) in [6, 6.07) is 14.3. The first-order valence-electron chi connectivity index (χ1n) is 10.4. The number of carbonyl (C=O) groups is 1. The van der Waals surface area contributed by atoms with Crippen LogP contribution in [0.25, 0.3) is 0 Å². The van der Waals surface area contributed by atoms with Gasteiger partial charge in [-0.1, -0.05) is 47.1 Å². The molecule has 7 heteroatoms. The summed E-state index contributed by atoms with van der Waals surface area (Å²) < 4.78 is 13.0. The average Bonchev–Trinajstić information content (AvgIpc) is 3.36. The second-order valence-corrected chi connectivity index (χ2v) is 7.99. The summed E-state index contributed by atoms with van der Waals surface area (Å²) in [5.74, 6) is 0.959. The zero-order valence-electron chi connectivity index (χ0n) is 18.7. The number of nitrogens with one attached hydrogen (secondary N) is 1. The molecule has 0 saturated heterocycles. The lowest BCUT2D eigenvalue weighted by atomic mass is 10.1. The number of hydrogen-bond donors (Lipinski definition) is 1. The number of anilines is 1. The quantitative estimate of drug-likeness (QED) is 0.447. The summed E-state index contributed by atoms with van der Waals surface area (Å²) in [7, 11) is 0. The Bertz CT molecular complexity index is 1240. The average molecular weight is 431 g/mol. The molecule has 0 unspecified atom stereocenters.